The van der Waals surface area contributed by atoms with E-state index in [-0.39, 0.29) is 11.9 Å². The van der Waals surface area contributed by atoms with Crippen molar-refractivity contribution in [1.29, 1.82) is 0 Å². The van der Waals surface area contributed by atoms with Crippen LogP contribution in [0.3, 0.4) is 0 Å². The van der Waals surface area contributed by atoms with Gasteiger partial charge in [0.1, 0.15) is 11.3 Å². The second-order valence-electron chi connectivity index (χ2n) is 7.58. The highest BCUT2D eigenvalue weighted by atomic mass is 32.1. The third-order valence-electron chi connectivity index (χ3n) is 5.37. The lowest BCUT2D eigenvalue weighted by atomic mass is 10.0. The molecule has 3 aromatic heterocycles. The molecular formula is C22H22N4O3S. The van der Waals surface area contributed by atoms with E-state index >= 15 is 0 Å². The molecule has 1 amide bonds. The Balaban J connectivity index is 1.26. The molecule has 4 aromatic rings. The third kappa shape index (κ3) is 4.01. The molecule has 5 rings (SSSR count). The van der Waals surface area contributed by atoms with Gasteiger partial charge in [-0.05, 0) is 37.1 Å². The van der Waals surface area contributed by atoms with Crippen LogP contribution in [0.25, 0.3) is 21.3 Å². The van der Waals surface area contributed by atoms with Crippen molar-refractivity contribution in [2.45, 2.75) is 32.4 Å². The summed E-state index contributed by atoms with van der Waals surface area (Å²) in [6.07, 6.45) is 5.51. The number of likely N-dealkylation sites (tertiary alicyclic amines) is 1. The summed E-state index contributed by atoms with van der Waals surface area (Å²) in [6, 6.07) is 10.1. The average Bonchev–Trinajstić information content (AvgIpc) is 3.32. The van der Waals surface area contributed by atoms with E-state index in [2.05, 4.69) is 20.2 Å². The Hall–Kier alpha value is -2.97. The van der Waals surface area contributed by atoms with E-state index in [4.69, 9.17) is 9.15 Å². The van der Waals surface area contributed by atoms with Gasteiger partial charge in [-0.25, -0.2) is 4.98 Å². The van der Waals surface area contributed by atoms with Crippen LogP contribution in [0, 0.1) is 0 Å². The molecule has 30 heavy (non-hydrogen) atoms. The van der Waals surface area contributed by atoms with E-state index in [0.29, 0.717) is 16.6 Å². The van der Waals surface area contributed by atoms with Crippen LogP contribution in [0.5, 0.6) is 10.9 Å². The number of ether oxygens (including phenoxy) is 1. The number of hydrogen-bond acceptors (Lipinski definition) is 7. The molecule has 0 spiro atoms. The van der Waals surface area contributed by atoms with Gasteiger partial charge in [-0.15, -0.1) is 0 Å². The van der Waals surface area contributed by atoms with Gasteiger partial charge in [0.25, 0.3) is 5.19 Å². The molecule has 1 saturated heterocycles. The fourth-order valence-corrected chi connectivity index (χ4v) is 4.70. The lowest BCUT2D eigenvalue weighted by Crippen LogP contribution is -2.43. The number of aromatic nitrogens is 2. The van der Waals surface area contributed by atoms with Crippen LogP contribution < -0.4 is 10.1 Å². The molecule has 1 aliphatic heterocycles. The van der Waals surface area contributed by atoms with E-state index in [1.165, 1.54) is 16.9 Å². The molecule has 8 heteroatoms. The Morgan fingerprint density at radius 3 is 3.00 bits per heavy atom. The zero-order valence-corrected chi connectivity index (χ0v) is 17.4. The number of benzene rings is 1. The van der Waals surface area contributed by atoms with Crippen molar-refractivity contribution in [3.8, 4) is 10.9 Å². The number of amides is 1. The normalized spacial score (nSPS) is 15.6. The van der Waals surface area contributed by atoms with Crippen LogP contribution in [0.1, 0.15) is 25.3 Å². The highest BCUT2D eigenvalue weighted by molar-refractivity contribution is 7.20. The minimum atomic E-state index is 0.0504. The summed E-state index contributed by atoms with van der Waals surface area (Å²) >= 11 is 1.47. The molecule has 0 atom stereocenters. The first-order valence-corrected chi connectivity index (χ1v) is 10.8. The predicted molar refractivity (Wildman–Crippen MR) is 116 cm³/mol. The minimum Gasteiger partial charge on any atom is -0.464 e. The van der Waals surface area contributed by atoms with Gasteiger partial charge in [0.05, 0.1) is 11.0 Å². The maximum atomic E-state index is 11.2. The van der Waals surface area contributed by atoms with Crippen LogP contribution >= 0.6 is 11.3 Å². The summed E-state index contributed by atoms with van der Waals surface area (Å²) in [5.41, 5.74) is 2.66. The van der Waals surface area contributed by atoms with Gasteiger partial charge in [0, 0.05) is 55.8 Å². The lowest BCUT2D eigenvalue weighted by molar-refractivity contribution is -0.119. The topological polar surface area (TPSA) is 80.5 Å². The standard InChI is InChI=1S/C22H22N4O3S/c1-14(27)24-16-6-9-26(10-7-16)12-15-13-28-19-11-17(4-5-18(15)19)29-22-25-21-20(30-22)3-2-8-23-21/h2-5,8,11,13,16H,6-7,9-10,12H2,1H3,(H,24,27). The molecular weight excluding hydrogens is 400 g/mol. The van der Waals surface area contributed by atoms with Gasteiger partial charge in [-0.3, -0.25) is 9.69 Å². The molecule has 0 aliphatic carbocycles. The van der Waals surface area contributed by atoms with Crippen molar-refractivity contribution in [3.63, 3.8) is 0 Å². The third-order valence-corrected chi connectivity index (χ3v) is 6.25. The number of rotatable bonds is 5. The monoisotopic (exact) mass is 422 g/mol. The van der Waals surface area contributed by atoms with E-state index in [1.807, 2.05) is 36.6 Å². The summed E-state index contributed by atoms with van der Waals surface area (Å²) in [5, 5.41) is 4.68. The summed E-state index contributed by atoms with van der Waals surface area (Å²) in [7, 11) is 0. The number of furan rings is 1. The van der Waals surface area contributed by atoms with Gasteiger partial charge < -0.3 is 14.5 Å². The number of carbonyl (C=O) groups excluding carboxylic acids is 1. The molecule has 7 nitrogen and oxygen atoms in total. The molecule has 154 valence electrons. The molecule has 0 saturated carbocycles. The Bertz CT molecular complexity index is 1160. The first-order chi connectivity index (χ1) is 14.6. The zero-order chi connectivity index (χ0) is 20.5. The number of hydrogen-bond donors (Lipinski definition) is 1. The SMILES string of the molecule is CC(=O)NC1CCN(Cc2coc3cc(Oc4nc5ncccc5s4)ccc23)CC1. The van der Waals surface area contributed by atoms with Crippen molar-refractivity contribution in [1.82, 2.24) is 20.2 Å². The Kier molecular flexibility index (Phi) is 5.10. The number of carbonyl (C=O) groups is 1. The summed E-state index contributed by atoms with van der Waals surface area (Å²) in [6.45, 7) is 4.34. The molecule has 0 bridgehead atoms. The lowest BCUT2D eigenvalue weighted by Gasteiger charge is -2.31. The van der Waals surface area contributed by atoms with Gasteiger partial charge in [0.2, 0.25) is 5.91 Å². The highest BCUT2D eigenvalue weighted by Gasteiger charge is 2.21. The predicted octanol–water partition coefficient (Wildman–Crippen LogP) is 4.33. The molecule has 0 unspecified atom stereocenters. The van der Waals surface area contributed by atoms with Gasteiger partial charge in [-0.2, -0.15) is 4.98 Å². The second-order valence-corrected chi connectivity index (χ2v) is 8.57. The fourth-order valence-electron chi connectivity index (χ4n) is 3.91. The molecule has 1 aliphatic rings. The minimum absolute atomic E-state index is 0.0504. The number of piperidine rings is 1. The van der Waals surface area contributed by atoms with Crippen molar-refractivity contribution >= 4 is 38.6 Å². The number of nitrogens with one attached hydrogen (secondary N) is 1. The van der Waals surface area contributed by atoms with Crippen LogP contribution in [-0.4, -0.2) is 39.9 Å². The van der Waals surface area contributed by atoms with E-state index in [9.17, 15) is 4.79 Å². The van der Waals surface area contributed by atoms with Gasteiger partial charge in [-0.1, -0.05) is 11.3 Å². The average molecular weight is 423 g/mol. The van der Waals surface area contributed by atoms with E-state index in [0.717, 1.165) is 48.1 Å². The highest BCUT2D eigenvalue weighted by Crippen LogP contribution is 2.33. The maximum Gasteiger partial charge on any atom is 0.281 e. The van der Waals surface area contributed by atoms with E-state index < -0.39 is 0 Å². The Morgan fingerprint density at radius 2 is 2.20 bits per heavy atom. The van der Waals surface area contributed by atoms with E-state index in [1.54, 1.807) is 13.1 Å². The summed E-state index contributed by atoms with van der Waals surface area (Å²) in [5.74, 6) is 0.744. The molecule has 4 heterocycles. The quantitative estimate of drug-likeness (QED) is 0.516. The van der Waals surface area contributed by atoms with Crippen LogP contribution in [0.15, 0.2) is 47.2 Å². The summed E-state index contributed by atoms with van der Waals surface area (Å²) < 4.78 is 12.7. The van der Waals surface area contributed by atoms with Crippen molar-refractivity contribution in [2.24, 2.45) is 0 Å². The van der Waals surface area contributed by atoms with Crippen LogP contribution in [0.4, 0.5) is 0 Å². The number of fused-ring (bicyclic) bond motifs is 2. The molecule has 1 aromatic carbocycles. The van der Waals surface area contributed by atoms with Crippen molar-refractivity contribution < 1.29 is 13.9 Å². The molecule has 1 fully saturated rings. The van der Waals surface area contributed by atoms with Crippen molar-refractivity contribution in [3.05, 3.63) is 48.4 Å². The van der Waals surface area contributed by atoms with Crippen LogP contribution in [-0.2, 0) is 11.3 Å². The van der Waals surface area contributed by atoms with Crippen molar-refractivity contribution in [2.75, 3.05) is 13.1 Å². The molecule has 0 radical (unpaired) electrons. The fraction of sp³-hybridized carbons (Fsp3) is 0.318. The maximum absolute atomic E-state index is 11.2. The Morgan fingerprint density at radius 1 is 1.33 bits per heavy atom. The Labute approximate surface area is 177 Å². The number of thiazole rings is 1. The zero-order valence-electron chi connectivity index (χ0n) is 16.6. The summed E-state index contributed by atoms with van der Waals surface area (Å²) in [4.78, 5) is 22.3. The first kappa shape index (κ1) is 19.0. The largest absolute Gasteiger partial charge is 0.464 e. The smallest absolute Gasteiger partial charge is 0.281 e. The van der Waals surface area contributed by atoms with Gasteiger partial charge >= 0.3 is 0 Å². The number of pyridine rings is 1. The second kappa shape index (κ2) is 8.04. The first-order valence-electron chi connectivity index (χ1n) is 10.0. The molecule has 1 N–H and O–H groups in total. The van der Waals surface area contributed by atoms with Gasteiger partial charge in [0.15, 0.2) is 5.65 Å². The number of nitrogens with zero attached hydrogens (tertiary/aromatic N) is 3. The van der Waals surface area contributed by atoms with Crippen LogP contribution in [0.2, 0.25) is 0 Å².